The van der Waals surface area contributed by atoms with Gasteiger partial charge in [-0.25, -0.2) is 4.98 Å². The number of benzene rings is 1. The molecule has 2 N–H and O–H groups in total. The number of carbonyl (C=O) groups is 1. The highest BCUT2D eigenvalue weighted by Crippen LogP contribution is 2.28. The number of carbonyl (C=O) groups excluding carboxylic acids is 1. The van der Waals surface area contributed by atoms with E-state index in [1.165, 1.54) is 24.3 Å². The lowest BCUT2D eigenvalue weighted by atomic mass is 10.2. The van der Waals surface area contributed by atoms with Crippen LogP contribution in [0.15, 0.2) is 30.5 Å². The first-order valence-corrected chi connectivity index (χ1v) is 6.88. The number of anilines is 3. The Morgan fingerprint density at radius 3 is 2.39 bits per heavy atom. The van der Waals surface area contributed by atoms with Crippen molar-refractivity contribution in [2.24, 2.45) is 0 Å². The molecule has 7 nitrogen and oxygen atoms in total. The molecule has 0 aliphatic heterocycles. The summed E-state index contributed by atoms with van der Waals surface area (Å²) in [4.78, 5) is 24.9. The number of hydrogen-bond acceptors (Lipinski definition) is 6. The van der Waals surface area contributed by atoms with Gasteiger partial charge in [-0.15, -0.1) is 0 Å². The molecule has 0 spiro atoms. The van der Waals surface area contributed by atoms with Crippen LogP contribution < -0.4 is 10.6 Å². The standard InChI is InChI=1S/C12H9F3N4O3S/c13-12(14,15)5-9(20)17-7-1-3-8(4-2-7)18-11-16-6-10(23-11)19(21)22/h1-4,6H,5H2,(H,16,18)(H,17,20). The van der Waals surface area contributed by atoms with E-state index in [1.807, 2.05) is 0 Å². The first-order chi connectivity index (χ1) is 10.7. The van der Waals surface area contributed by atoms with Crippen molar-refractivity contribution in [3.63, 3.8) is 0 Å². The molecule has 1 heterocycles. The third kappa shape index (κ3) is 5.21. The number of thiazole rings is 1. The Hall–Kier alpha value is -2.69. The van der Waals surface area contributed by atoms with Crippen LogP contribution in [0.5, 0.6) is 0 Å². The zero-order valence-corrected chi connectivity index (χ0v) is 12.1. The Bertz CT molecular complexity index is 715. The van der Waals surface area contributed by atoms with Crippen molar-refractivity contribution in [3.05, 3.63) is 40.6 Å². The largest absolute Gasteiger partial charge is 0.397 e. The molecule has 0 saturated carbocycles. The second kappa shape index (κ2) is 6.60. The van der Waals surface area contributed by atoms with Gasteiger partial charge in [-0.1, -0.05) is 0 Å². The van der Waals surface area contributed by atoms with Crippen LogP contribution in [0.3, 0.4) is 0 Å². The Morgan fingerprint density at radius 2 is 1.87 bits per heavy atom. The molecule has 0 unspecified atom stereocenters. The third-order valence-corrected chi connectivity index (χ3v) is 3.32. The molecule has 122 valence electrons. The normalized spacial score (nSPS) is 11.1. The van der Waals surface area contributed by atoms with Crippen molar-refractivity contribution in [3.8, 4) is 0 Å². The lowest BCUT2D eigenvalue weighted by Crippen LogP contribution is -2.21. The van der Waals surface area contributed by atoms with Gasteiger partial charge in [-0.2, -0.15) is 13.2 Å². The molecule has 23 heavy (non-hydrogen) atoms. The molecule has 2 rings (SSSR count). The van der Waals surface area contributed by atoms with Crippen molar-refractivity contribution < 1.29 is 22.9 Å². The minimum Gasteiger partial charge on any atom is -0.331 e. The molecule has 0 radical (unpaired) electrons. The number of alkyl halides is 3. The summed E-state index contributed by atoms with van der Waals surface area (Å²) in [6, 6.07) is 5.80. The molecule has 1 aromatic heterocycles. The topological polar surface area (TPSA) is 97.2 Å². The molecule has 0 saturated heterocycles. The quantitative estimate of drug-likeness (QED) is 0.636. The highest BCUT2D eigenvalue weighted by molar-refractivity contribution is 7.18. The van der Waals surface area contributed by atoms with E-state index in [0.717, 1.165) is 17.5 Å². The molecule has 1 aromatic carbocycles. The monoisotopic (exact) mass is 346 g/mol. The first kappa shape index (κ1) is 16.7. The highest BCUT2D eigenvalue weighted by Gasteiger charge is 2.31. The molecule has 0 fully saturated rings. The number of hydrogen-bond donors (Lipinski definition) is 2. The Morgan fingerprint density at radius 1 is 1.26 bits per heavy atom. The molecular weight excluding hydrogens is 337 g/mol. The van der Waals surface area contributed by atoms with Gasteiger partial charge < -0.3 is 10.6 Å². The zero-order chi connectivity index (χ0) is 17.0. The van der Waals surface area contributed by atoms with E-state index in [0.29, 0.717) is 10.8 Å². The van der Waals surface area contributed by atoms with Gasteiger partial charge in [-0.05, 0) is 35.6 Å². The number of rotatable bonds is 5. The van der Waals surface area contributed by atoms with E-state index in [4.69, 9.17) is 0 Å². The minimum atomic E-state index is -4.56. The Kier molecular flexibility index (Phi) is 4.79. The van der Waals surface area contributed by atoms with Crippen LogP contribution in [0.2, 0.25) is 0 Å². The molecule has 0 aliphatic rings. The second-order valence-corrected chi connectivity index (χ2v) is 5.31. The number of amides is 1. The molecule has 11 heteroatoms. The molecular formula is C12H9F3N4O3S. The molecule has 2 aromatic rings. The highest BCUT2D eigenvalue weighted by atomic mass is 32.1. The fourth-order valence-corrected chi connectivity index (χ4v) is 2.21. The van der Waals surface area contributed by atoms with Crippen LogP contribution in [-0.4, -0.2) is 22.0 Å². The third-order valence-electron chi connectivity index (χ3n) is 2.45. The van der Waals surface area contributed by atoms with Crippen LogP contribution in [0.1, 0.15) is 6.42 Å². The number of nitrogens with zero attached hydrogens (tertiary/aromatic N) is 2. The summed E-state index contributed by atoms with van der Waals surface area (Å²) in [5.41, 5.74) is 0.720. The lowest BCUT2D eigenvalue weighted by Gasteiger charge is -2.08. The first-order valence-electron chi connectivity index (χ1n) is 6.07. The minimum absolute atomic E-state index is 0.122. The van der Waals surface area contributed by atoms with Crippen LogP contribution >= 0.6 is 11.3 Å². The van der Waals surface area contributed by atoms with Crippen LogP contribution in [0, 0.1) is 10.1 Å². The zero-order valence-electron chi connectivity index (χ0n) is 11.3. The predicted octanol–water partition coefficient (Wildman–Crippen LogP) is 3.69. The van der Waals surface area contributed by atoms with E-state index in [1.54, 1.807) is 0 Å². The fourth-order valence-electron chi connectivity index (χ4n) is 1.56. The Labute approximate surface area is 131 Å². The molecule has 0 aliphatic carbocycles. The molecule has 1 amide bonds. The summed E-state index contributed by atoms with van der Waals surface area (Å²) in [6.45, 7) is 0. The van der Waals surface area contributed by atoms with Crippen molar-refractivity contribution in [2.75, 3.05) is 10.6 Å². The SMILES string of the molecule is O=C(CC(F)(F)F)Nc1ccc(Nc2ncc([N+](=O)[O-])s2)cc1. The van der Waals surface area contributed by atoms with Gasteiger partial charge in [0.25, 0.3) is 0 Å². The predicted molar refractivity (Wildman–Crippen MR) is 77.8 cm³/mol. The maximum atomic E-state index is 12.0. The summed E-state index contributed by atoms with van der Waals surface area (Å²) in [5.74, 6) is -1.16. The maximum Gasteiger partial charge on any atom is 0.397 e. The van der Waals surface area contributed by atoms with Gasteiger partial charge in [0.05, 0.1) is 4.92 Å². The molecule has 0 bridgehead atoms. The van der Waals surface area contributed by atoms with E-state index >= 15 is 0 Å². The van der Waals surface area contributed by atoms with Crippen molar-refractivity contribution in [2.45, 2.75) is 12.6 Å². The van der Waals surface area contributed by atoms with Gasteiger partial charge in [0.15, 0.2) is 5.13 Å². The van der Waals surface area contributed by atoms with E-state index in [2.05, 4.69) is 15.6 Å². The van der Waals surface area contributed by atoms with Gasteiger partial charge in [-0.3, -0.25) is 14.9 Å². The van der Waals surface area contributed by atoms with E-state index in [-0.39, 0.29) is 10.7 Å². The van der Waals surface area contributed by atoms with Gasteiger partial charge >= 0.3 is 11.2 Å². The summed E-state index contributed by atoms with van der Waals surface area (Å²) in [6.07, 6.45) is -5.01. The summed E-state index contributed by atoms with van der Waals surface area (Å²) in [7, 11) is 0. The smallest absolute Gasteiger partial charge is 0.331 e. The lowest BCUT2D eigenvalue weighted by molar-refractivity contribution is -0.380. The number of nitrogens with one attached hydrogen (secondary N) is 2. The summed E-state index contributed by atoms with van der Waals surface area (Å²) in [5, 5.41) is 15.6. The van der Waals surface area contributed by atoms with Crippen molar-refractivity contribution in [1.82, 2.24) is 4.98 Å². The second-order valence-electron chi connectivity index (χ2n) is 4.30. The number of halogens is 3. The van der Waals surface area contributed by atoms with Gasteiger partial charge in [0, 0.05) is 11.4 Å². The average Bonchev–Trinajstić information content (AvgIpc) is 2.87. The van der Waals surface area contributed by atoms with Gasteiger partial charge in [0.2, 0.25) is 5.91 Å². The maximum absolute atomic E-state index is 12.0. The van der Waals surface area contributed by atoms with E-state index < -0.39 is 23.4 Å². The van der Waals surface area contributed by atoms with Crippen molar-refractivity contribution in [1.29, 1.82) is 0 Å². The number of nitro groups is 1. The molecule has 0 atom stereocenters. The summed E-state index contributed by atoms with van der Waals surface area (Å²) < 4.78 is 36.1. The van der Waals surface area contributed by atoms with E-state index in [9.17, 15) is 28.1 Å². The van der Waals surface area contributed by atoms with Crippen molar-refractivity contribution >= 4 is 38.8 Å². The van der Waals surface area contributed by atoms with Crippen LogP contribution in [-0.2, 0) is 4.79 Å². The van der Waals surface area contributed by atoms with Crippen LogP contribution in [0.25, 0.3) is 0 Å². The van der Waals surface area contributed by atoms with Crippen LogP contribution in [0.4, 0.5) is 34.7 Å². The Balaban J connectivity index is 1.96. The fraction of sp³-hybridized carbons (Fsp3) is 0.167. The average molecular weight is 346 g/mol. The number of aromatic nitrogens is 1. The van der Waals surface area contributed by atoms with Gasteiger partial charge in [0.1, 0.15) is 12.6 Å². The summed E-state index contributed by atoms with van der Waals surface area (Å²) >= 11 is 0.841.